The molecule has 0 spiro atoms. The maximum atomic E-state index is 9.66. The number of hydrogen-bond donors (Lipinski definition) is 0. The maximum Gasteiger partial charge on any atom is 0.121 e. The highest BCUT2D eigenvalue weighted by molar-refractivity contribution is 6.30. The zero-order valence-electron chi connectivity index (χ0n) is 11.5. The Morgan fingerprint density at radius 3 is 2.67 bits per heavy atom. The molecule has 106 valence electrons. The molecule has 4 heteroatoms. The average Bonchev–Trinajstić information content (AvgIpc) is 2.54. The Morgan fingerprint density at radius 2 is 2.10 bits per heavy atom. The molecule has 3 nitrogen and oxygen atoms in total. The Hall–Kier alpha value is -2.31. The number of rotatable bonds is 6. The van der Waals surface area contributed by atoms with Gasteiger partial charge in [0, 0.05) is 17.4 Å². The number of aromatic nitrogens is 1. The molecular formula is C17H15ClN2O. The second-order valence-corrected chi connectivity index (χ2v) is 5.11. The van der Waals surface area contributed by atoms with E-state index in [2.05, 4.69) is 17.6 Å². The number of allylic oxidation sites excluding steroid dienone is 1. The number of halogens is 1. The molecule has 0 saturated carbocycles. The fraction of sp³-hybridized carbons (Fsp3) is 0.176. The van der Waals surface area contributed by atoms with Crippen molar-refractivity contribution in [2.75, 3.05) is 6.61 Å². The summed E-state index contributed by atoms with van der Waals surface area (Å²) in [5.74, 6) is 0.673. The summed E-state index contributed by atoms with van der Waals surface area (Å²) in [7, 11) is 0. The van der Waals surface area contributed by atoms with E-state index in [4.69, 9.17) is 16.3 Å². The van der Waals surface area contributed by atoms with Crippen LogP contribution in [0.5, 0.6) is 5.75 Å². The summed E-state index contributed by atoms with van der Waals surface area (Å²) in [6.45, 7) is 3.97. The van der Waals surface area contributed by atoms with Crippen molar-refractivity contribution < 1.29 is 4.74 Å². The molecule has 0 bridgehead atoms. The molecule has 0 N–H and O–H groups in total. The van der Waals surface area contributed by atoms with Gasteiger partial charge in [-0.05, 0) is 42.3 Å². The largest absolute Gasteiger partial charge is 0.492 e. The zero-order chi connectivity index (χ0) is 15.1. The summed E-state index contributed by atoms with van der Waals surface area (Å²) < 4.78 is 5.77. The van der Waals surface area contributed by atoms with Crippen molar-refractivity contribution in [2.45, 2.75) is 11.8 Å². The molecule has 21 heavy (non-hydrogen) atoms. The summed E-state index contributed by atoms with van der Waals surface area (Å²) in [4.78, 5) is 4.09. The highest BCUT2D eigenvalue weighted by atomic mass is 35.5. The minimum atomic E-state index is -0.796. The Labute approximate surface area is 129 Å². The maximum absolute atomic E-state index is 9.66. The van der Waals surface area contributed by atoms with Gasteiger partial charge in [-0.1, -0.05) is 23.7 Å². The van der Waals surface area contributed by atoms with Crippen LogP contribution in [0.15, 0.2) is 61.4 Å². The van der Waals surface area contributed by atoms with Crippen LogP contribution in [0.3, 0.4) is 0 Å². The third-order valence-electron chi connectivity index (χ3n) is 3.22. The Morgan fingerprint density at radius 1 is 1.33 bits per heavy atom. The monoisotopic (exact) mass is 298 g/mol. The van der Waals surface area contributed by atoms with Crippen molar-refractivity contribution in [1.82, 2.24) is 4.98 Å². The highest BCUT2D eigenvalue weighted by Crippen LogP contribution is 2.29. The number of nitriles is 1. The topological polar surface area (TPSA) is 45.9 Å². The van der Waals surface area contributed by atoms with E-state index < -0.39 is 5.41 Å². The van der Waals surface area contributed by atoms with E-state index in [1.165, 1.54) is 0 Å². The van der Waals surface area contributed by atoms with Gasteiger partial charge in [0.25, 0.3) is 0 Å². The van der Waals surface area contributed by atoms with Crippen LogP contribution in [0.1, 0.15) is 12.0 Å². The van der Waals surface area contributed by atoms with Gasteiger partial charge in [0.15, 0.2) is 0 Å². The van der Waals surface area contributed by atoms with Crippen LogP contribution in [0.2, 0.25) is 5.02 Å². The van der Waals surface area contributed by atoms with Crippen LogP contribution < -0.4 is 4.74 Å². The van der Waals surface area contributed by atoms with Gasteiger partial charge >= 0.3 is 0 Å². The van der Waals surface area contributed by atoms with Gasteiger partial charge in [-0.3, -0.25) is 4.98 Å². The van der Waals surface area contributed by atoms with Crippen LogP contribution in [0.4, 0.5) is 0 Å². The SMILES string of the molecule is C=CCC(C#N)(COc1ccc(Cl)cc1)c1cccnc1. The summed E-state index contributed by atoms with van der Waals surface area (Å²) >= 11 is 5.85. The molecule has 0 radical (unpaired) electrons. The lowest BCUT2D eigenvalue weighted by Crippen LogP contribution is -2.31. The van der Waals surface area contributed by atoms with E-state index in [-0.39, 0.29) is 6.61 Å². The van der Waals surface area contributed by atoms with Crippen LogP contribution >= 0.6 is 11.6 Å². The lowest BCUT2D eigenvalue weighted by atomic mass is 9.80. The standard InChI is InChI=1S/C17H15ClN2O/c1-2-9-17(12-19,14-4-3-10-20-11-14)13-21-16-7-5-15(18)6-8-16/h2-8,10-11H,1,9,13H2. The minimum Gasteiger partial charge on any atom is -0.492 e. The molecule has 0 fully saturated rings. The first-order valence-corrected chi connectivity index (χ1v) is 6.89. The number of pyridine rings is 1. The first-order chi connectivity index (χ1) is 10.2. The highest BCUT2D eigenvalue weighted by Gasteiger charge is 2.32. The molecule has 1 aromatic carbocycles. The Kier molecular flexibility index (Phi) is 4.97. The van der Waals surface area contributed by atoms with Crippen LogP contribution in [0.25, 0.3) is 0 Å². The number of hydrogen-bond acceptors (Lipinski definition) is 3. The molecule has 0 aliphatic carbocycles. The van der Waals surface area contributed by atoms with Crippen molar-refractivity contribution in [2.24, 2.45) is 0 Å². The van der Waals surface area contributed by atoms with Crippen molar-refractivity contribution in [1.29, 1.82) is 5.26 Å². The van der Waals surface area contributed by atoms with Crippen molar-refractivity contribution >= 4 is 11.6 Å². The second-order valence-electron chi connectivity index (χ2n) is 4.67. The molecule has 0 amide bonds. The first kappa shape index (κ1) is 15.1. The van der Waals surface area contributed by atoms with Gasteiger partial charge in [0.05, 0.1) is 6.07 Å². The summed E-state index contributed by atoms with van der Waals surface area (Å²) in [5.41, 5.74) is 0.0247. The van der Waals surface area contributed by atoms with E-state index in [0.29, 0.717) is 17.2 Å². The third-order valence-corrected chi connectivity index (χ3v) is 3.47. The van der Waals surface area contributed by atoms with Gasteiger partial charge in [-0.2, -0.15) is 5.26 Å². The second kappa shape index (κ2) is 6.92. The van der Waals surface area contributed by atoms with Crippen molar-refractivity contribution in [3.63, 3.8) is 0 Å². The summed E-state index contributed by atoms with van der Waals surface area (Å²) in [6, 6.07) is 13.1. The summed E-state index contributed by atoms with van der Waals surface area (Å²) in [6.07, 6.45) is 5.59. The molecule has 1 atom stereocenters. The fourth-order valence-corrected chi connectivity index (χ4v) is 2.16. The van der Waals surface area contributed by atoms with Gasteiger partial charge in [-0.15, -0.1) is 6.58 Å². The molecule has 2 rings (SSSR count). The molecule has 2 aromatic rings. The first-order valence-electron chi connectivity index (χ1n) is 6.51. The predicted molar refractivity (Wildman–Crippen MR) is 83.3 cm³/mol. The van der Waals surface area contributed by atoms with Crippen LogP contribution in [-0.2, 0) is 5.41 Å². The number of benzene rings is 1. The van der Waals surface area contributed by atoms with E-state index in [1.807, 2.05) is 12.1 Å². The average molecular weight is 299 g/mol. The normalized spacial score (nSPS) is 13.0. The molecule has 1 aromatic heterocycles. The molecule has 1 unspecified atom stereocenters. The fourth-order valence-electron chi connectivity index (χ4n) is 2.03. The molecule has 1 heterocycles. The van der Waals surface area contributed by atoms with E-state index in [0.717, 1.165) is 5.56 Å². The Bertz CT molecular complexity index is 634. The Balaban J connectivity index is 2.23. The van der Waals surface area contributed by atoms with E-state index in [9.17, 15) is 5.26 Å². The van der Waals surface area contributed by atoms with Gasteiger partial charge < -0.3 is 4.74 Å². The third kappa shape index (κ3) is 3.62. The van der Waals surface area contributed by atoms with E-state index in [1.54, 1.807) is 42.7 Å². The van der Waals surface area contributed by atoms with Crippen LogP contribution in [0, 0.1) is 11.3 Å². The smallest absolute Gasteiger partial charge is 0.121 e. The van der Waals surface area contributed by atoms with Crippen molar-refractivity contribution in [3.05, 3.63) is 72.0 Å². The van der Waals surface area contributed by atoms with Crippen LogP contribution in [-0.4, -0.2) is 11.6 Å². The molecule has 0 saturated heterocycles. The minimum absolute atomic E-state index is 0.225. The zero-order valence-corrected chi connectivity index (χ0v) is 12.3. The van der Waals surface area contributed by atoms with Gasteiger partial charge in [0.2, 0.25) is 0 Å². The lowest BCUT2D eigenvalue weighted by Gasteiger charge is -2.25. The molecule has 0 aliphatic rings. The number of ether oxygens (including phenoxy) is 1. The quantitative estimate of drug-likeness (QED) is 0.753. The van der Waals surface area contributed by atoms with Crippen molar-refractivity contribution in [3.8, 4) is 11.8 Å². The summed E-state index contributed by atoms with van der Waals surface area (Å²) in [5, 5.41) is 10.3. The van der Waals surface area contributed by atoms with Gasteiger partial charge in [0.1, 0.15) is 17.8 Å². The van der Waals surface area contributed by atoms with E-state index >= 15 is 0 Å². The lowest BCUT2D eigenvalue weighted by molar-refractivity contribution is 0.252. The molecule has 0 aliphatic heterocycles. The van der Waals surface area contributed by atoms with Gasteiger partial charge in [-0.25, -0.2) is 0 Å². The molecular weight excluding hydrogens is 284 g/mol. The number of nitrogens with zero attached hydrogens (tertiary/aromatic N) is 2. The predicted octanol–water partition coefficient (Wildman–Crippen LogP) is 4.15.